The minimum Gasteiger partial charge on any atom is -0.481 e. The van der Waals surface area contributed by atoms with Gasteiger partial charge in [-0.15, -0.1) is 0 Å². The molecule has 2 rings (SSSR count). The fourth-order valence-corrected chi connectivity index (χ4v) is 4.87. The van der Waals surface area contributed by atoms with Crippen LogP contribution in [0.4, 0.5) is 0 Å². The molecule has 98 valence electrons. The fourth-order valence-electron chi connectivity index (χ4n) is 2.93. The van der Waals surface area contributed by atoms with E-state index in [4.69, 9.17) is 5.11 Å². The number of carboxylic acid groups (broad SMARTS) is 1. The zero-order valence-electron chi connectivity index (χ0n) is 9.80. The summed E-state index contributed by atoms with van der Waals surface area (Å²) in [5.74, 6) is -0.985. The Bertz CT molecular complexity index is 409. The van der Waals surface area contributed by atoms with Gasteiger partial charge >= 0.3 is 5.97 Å². The second kappa shape index (κ2) is 4.55. The van der Waals surface area contributed by atoms with E-state index < -0.39 is 16.0 Å². The van der Waals surface area contributed by atoms with Crippen LogP contribution in [0.5, 0.6) is 0 Å². The van der Waals surface area contributed by atoms with Crippen molar-refractivity contribution in [2.24, 2.45) is 5.92 Å². The van der Waals surface area contributed by atoms with Gasteiger partial charge < -0.3 is 10.4 Å². The molecule has 2 heterocycles. The van der Waals surface area contributed by atoms with E-state index in [9.17, 15) is 13.2 Å². The number of aliphatic carboxylic acids is 1. The summed E-state index contributed by atoms with van der Waals surface area (Å²) in [5, 5.41) is 11.8. The molecule has 0 aliphatic carbocycles. The van der Waals surface area contributed by atoms with Crippen molar-refractivity contribution < 1.29 is 18.3 Å². The summed E-state index contributed by atoms with van der Waals surface area (Å²) in [4.78, 5) is 10.5. The van der Waals surface area contributed by atoms with E-state index in [1.165, 1.54) is 4.31 Å². The van der Waals surface area contributed by atoms with Crippen LogP contribution < -0.4 is 5.32 Å². The van der Waals surface area contributed by atoms with Gasteiger partial charge in [-0.05, 0) is 25.8 Å². The highest BCUT2D eigenvalue weighted by Crippen LogP contribution is 2.34. The molecule has 7 heteroatoms. The molecule has 2 aliphatic heterocycles. The van der Waals surface area contributed by atoms with Crippen LogP contribution in [0.1, 0.15) is 19.8 Å². The molecule has 2 fully saturated rings. The Morgan fingerprint density at radius 2 is 2.18 bits per heavy atom. The number of carboxylic acids is 1. The average molecular weight is 262 g/mol. The maximum Gasteiger partial charge on any atom is 0.304 e. The zero-order valence-corrected chi connectivity index (χ0v) is 10.6. The number of hydrogen-bond acceptors (Lipinski definition) is 4. The van der Waals surface area contributed by atoms with Crippen LogP contribution in [0.3, 0.4) is 0 Å². The Labute approximate surface area is 101 Å². The summed E-state index contributed by atoms with van der Waals surface area (Å²) in [5.41, 5.74) is 0. The number of rotatable bonds is 4. The molecule has 0 amide bonds. The van der Waals surface area contributed by atoms with Gasteiger partial charge in [-0.3, -0.25) is 4.79 Å². The molecule has 0 aromatic carbocycles. The summed E-state index contributed by atoms with van der Waals surface area (Å²) >= 11 is 0. The summed E-state index contributed by atoms with van der Waals surface area (Å²) in [6, 6.07) is 0.00897. The van der Waals surface area contributed by atoms with Gasteiger partial charge in [0, 0.05) is 18.6 Å². The maximum atomic E-state index is 12.1. The Morgan fingerprint density at radius 3 is 2.82 bits per heavy atom. The lowest BCUT2D eigenvalue weighted by Gasteiger charge is -2.26. The second-order valence-corrected chi connectivity index (χ2v) is 6.85. The van der Waals surface area contributed by atoms with Gasteiger partial charge in [-0.1, -0.05) is 0 Å². The molecule has 0 aromatic rings. The topological polar surface area (TPSA) is 86.7 Å². The third kappa shape index (κ3) is 2.46. The molecule has 3 atom stereocenters. The van der Waals surface area contributed by atoms with Crippen LogP contribution in [0.15, 0.2) is 0 Å². The van der Waals surface area contributed by atoms with Gasteiger partial charge in [-0.25, -0.2) is 8.42 Å². The molecule has 17 heavy (non-hydrogen) atoms. The fraction of sp³-hybridized carbons (Fsp3) is 0.900. The van der Waals surface area contributed by atoms with Gasteiger partial charge in [0.1, 0.15) is 0 Å². The molecular formula is C10H18N2O4S. The highest BCUT2D eigenvalue weighted by atomic mass is 32.2. The quantitative estimate of drug-likeness (QED) is 0.711. The maximum absolute atomic E-state index is 12.1. The van der Waals surface area contributed by atoms with Crippen molar-refractivity contribution >= 4 is 16.0 Å². The lowest BCUT2D eigenvalue weighted by molar-refractivity contribution is -0.136. The predicted molar refractivity (Wildman–Crippen MR) is 62.1 cm³/mol. The van der Waals surface area contributed by atoms with Gasteiger partial charge in [0.15, 0.2) is 0 Å². The first-order valence-corrected chi connectivity index (χ1v) is 7.46. The van der Waals surface area contributed by atoms with Gasteiger partial charge in [0.2, 0.25) is 10.0 Å². The van der Waals surface area contributed by atoms with Crippen molar-refractivity contribution in [3.8, 4) is 0 Å². The highest BCUT2D eigenvalue weighted by Gasteiger charge is 2.47. The Balaban J connectivity index is 2.12. The van der Waals surface area contributed by atoms with E-state index >= 15 is 0 Å². The van der Waals surface area contributed by atoms with E-state index in [1.807, 2.05) is 6.92 Å². The SMILES string of the molecule is CC1CC2CNCC2N1S(=O)(=O)CCC(=O)O. The normalized spacial score (nSPS) is 33.8. The lowest BCUT2D eigenvalue weighted by atomic mass is 10.0. The van der Waals surface area contributed by atoms with Crippen molar-refractivity contribution in [1.29, 1.82) is 0 Å². The molecular weight excluding hydrogens is 244 g/mol. The first-order chi connectivity index (χ1) is 7.92. The third-order valence-electron chi connectivity index (χ3n) is 3.60. The van der Waals surface area contributed by atoms with E-state index in [0.29, 0.717) is 12.5 Å². The van der Waals surface area contributed by atoms with Crippen molar-refractivity contribution in [3.05, 3.63) is 0 Å². The minimum atomic E-state index is -3.45. The number of nitrogens with zero attached hydrogens (tertiary/aromatic N) is 1. The molecule has 0 spiro atoms. The van der Waals surface area contributed by atoms with E-state index in [0.717, 1.165) is 13.0 Å². The standard InChI is InChI=1S/C10H18N2O4S/c1-7-4-8-5-11-6-9(8)12(7)17(15,16)3-2-10(13)14/h7-9,11H,2-6H2,1H3,(H,13,14). The van der Waals surface area contributed by atoms with Gasteiger partial charge in [-0.2, -0.15) is 4.31 Å². The number of carbonyl (C=O) groups is 1. The van der Waals surface area contributed by atoms with Gasteiger partial charge in [0.05, 0.1) is 12.2 Å². The summed E-state index contributed by atoms with van der Waals surface area (Å²) in [6.07, 6.45) is 0.542. The van der Waals surface area contributed by atoms with Crippen molar-refractivity contribution in [3.63, 3.8) is 0 Å². The predicted octanol–water partition coefficient (Wildman–Crippen LogP) is -0.527. The van der Waals surface area contributed by atoms with E-state index in [-0.39, 0.29) is 24.3 Å². The summed E-state index contributed by atoms with van der Waals surface area (Å²) < 4.78 is 25.8. The molecule has 6 nitrogen and oxygen atoms in total. The van der Waals surface area contributed by atoms with Crippen LogP contribution in [0.2, 0.25) is 0 Å². The Hall–Kier alpha value is -0.660. The molecule has 0 aromatic heterocycles. The largest absolute Gasteiger partial charge is 0.481 e. The van der Waals surface area contributed by atoms with Crippen LogP contribution in [-0.2, 0) is 14.8 Å². The molecule has 2 saturated heterocycles. The highest BCUT2D eigenvalue weighted by molar-refractivity contribution is 7.89. The van der Waals surface area contributed by atoms with Crippen molar-refractivity contribution in [2.45, 2.75) is 31.8 Å². The van der Waals surface area contributed by atoms with Gasteiger partial charge in [0.25, 0.3) is 0 Å². The third-order valence-corrected chi connectivity index (χ3v) is 5.60. The summed E-state index contributed by atoms with van der Waals surface area (Å²) in [6.45, 7) is 3.44. The van der Waals surface area contributed by atoms with E-state index in [2.05, 4.69) is 5.32 Å². The minimum absolute atomic E-state index is 0.00843. The number of nitrogens with one attached hydrogen (secondary N) is 1. The average Bonchev–Trinajstić information content (AvgIpc) is 2.73. The number of sulfonamides is 1. The number of hydrogen-bond donors (Lipinski definition) is 2. The van der Waals surface area contributed by atoms with Crippen molar-refractivity contribution in [2.75, 3.05) is 18.8 Å². The van der Waals surface area contributed by atoms with Crippen LogP contribution in [0, 0.1) is 5.92 Å². The molecule has 0 saturated carbocycles. The van der Waals surface area contributed by atoms with Crippen LogP contribution in [0.25, 0.3) is 0 Å². The number of fused-ring (bicyclic) bond motifs is 1. The van der Waals surface area contributed by atoms with E-state index in [1.54, 1.807) is 0 Å². The molecule has 2 aliphatic rings. The summed E-state index contributed by atoms with van der Waals surface area (Å²) in [7, 11) is -3.45. The molecule has 0 bridgehead atoms. The first kappa shape index (κ1) is 12.8. The smallest absolute Gasteiger partial charge is 0.304 e. The molecule has 3 unspecified atom stereocenters. The zero-order chi connectivity index (χ0) is 12.6. The molecule has 0 radical (unpaired) electrons. The Morgan fingerprint density at radius 1 is 1.47 bits per heavy atom. The van der Waals surface area contributed by atoms with Crippen LogP contribution >= 0.6 is 0 Å². The molecule has 2 N–H and O–H groups in total. The Kier molecular flexibility index (Phi) is 3.42. The monoisotopic (exact) mass is 262 g/mol. The van der Waals surface area contributed by atoms with Crippen molar-refractivity contribution in [1.82, 2.24) is 9.62 Å². The first-order valence-electron chi connectivity index (χ1n) is 5.85. The second-order valence-electron chi connectivity index (χ2n) is 4.86. The van der Waals surface area contributed by atoms with Crippen LogP contribution in [-0.4, -0.2) is 54.7 Å². The lowest BCUT2D eigenvalue weighted by Crippen LogP contribution is -2.44.